The fraction of sp³-hybridized carbons (Fsp3) is 0.222. The quantitative estimate of drug-likeness (QED) is 0.755. The van der Waals surface area contributed by atoms with Gasteiger partial charge in [0.2, 0.25) is 0 Å². The molecule has 4 rings (SSSR count). The number of fused-ring (bicyclic) bond motifs is 1. The van der Waals surface area contributed by atoms with Gasteiger partial charge < -0.3 is 4.74 Å². The summed E-state index contributed by atoms with van der Waals surface area (Å²) >= 11 is 6.06. The van der Waals surface area contributed by atoms with E-state index in [4.69, 9.17) is 16.3 Å². The average Bonchev–Trinajstić information content (AvgIpc) is 3.19. The standard InChI is InChI=1S/C18H14ClFN4O3/c1-27-11-7-5-10(6-8-11)24-17(25)15-16(18(24)26)23(22-21-15)9-12-13(19)3-2-4-14(12)20/h2-8,15-16H,9H2,1H3/t15-,16-/m0/s1. The molecule has 2 heterocycles. The lowest BCUT2D eigenvalue weighted by molar-refractivity contribution is -0.123. The van der Waals surface area contributed by atoms with Crippen LogP contribution >= 0.6 is 11.6 Å². The lowest BCUT2D eigenvalue weighted by Gasteiger charge is -2.21. The molecule has 2 aliphatic rings. The Morgan fingerprint density at radius 2 is 1.89 bits per heavy atom. The molecule has 1 saturated heterocycles. The minimum Gasteiger partial charge on any atom is -0.497 e. The van der Waals surface area contributed by atoms with Gasteiger partial charge in [0.25, 0.3) is 11.8 Å². The minimum atomic E-state index is -0.954. The molecule has 9 heteroatoms. The molecular formula is C18H14ClFN4O3. The Bertz CT molecular complexity index is 930. The molecule has 2 aliphatic heterocycles. The van der Waals surface area contributed by atoms with E-state index >= 15 is 0 Å². The molecule has 0 aliphatic carbocycles. The number of ether oxygens (including phenoxy) is 1. The highest BCUT2D eigenvalue weighted by atomic mass is 35.5. The third-order valence-electron chi connectivity index (χ3n) is 4.57. The van der Waals surface area contributed by atoms with Gasteiger partial charge >= 0.3 is 0 Å². The summed E-state index contributed by atoms with van der Waals surface area (Å²) in [6.45, 7) is -0.0638. The summed E-state index contributed by atoms with van der Waals surface area (Å²) in [5.41, 5.74) is 0.612. The van der Waals surface area contributed by atoms with Gasteiger partial charge in [0.05, 0.1) is 19.3 Å². The van der Waals surface area contributed by atoms with Crippen LogP contribution in [0.4, 0.5) is 10.1 Å². The van der Waals surface area contributed by atoms with Crippen molar-refractivity contribution in [2.24, 2.45) is 10.3 Å². The maximum atomic E-state index is 14.1. The van der Waals surface area contributed by atoms with E-state index in [2.05, 4.69) is 10.3 Å². The van der Waals surface area contributed by atoms with Crippen LogP contribution in [0.1, 0.15) is 5.56 Å². The monoisotopic (exact) mass is 388 g/mol. The molecule has 0 saturated carbocycles. The molecule has 0 unspecified atom stereocenters. The van der Waals surface area contributed by atoms with Gasteiger partial charge in [-0.2, -0.15) is 5.11 Å². The van der Waals surface area contributed by atoms with E-state index < -0.39 is 29.7 Å². The number of methoxy groups -OCH3 is 1. The molecule has 2 aromatic rings. The van der Waals surface area contributed by atoms with Gasteiger partial charge in [-0.3, -0.25) is 14.6 Å². The zero-order valence-corrected chi connectivity index (χ0v) is 14.9. The van der Waals surface area contributed by atoms with Crippen molar-refractivity contribution in [3.63, 3.8) is 0 Å². The predicted octanol–water partition coefficient (Wildman–Crippen LogP) is 2.98. The second-order valence-electron chi connectivity index (χ2n) is 6.10. The highest BCUT2D eigenvalue weighted by Gasteiger charge is 2.54. The Morgan fingerprint density at radius 3 is 2.56 bits per heavy atom. The number of amides is 2. The van der Waals surface area contributed by atoms with Gasteiger partial charge in [-0.25, -0.2) is 9.29 Å². The number of hydrogen-bond acceptors (Lipinski definition) is 6. The Hall–Kier alpha value is -3.00. The minimum absolute atomic E-state index is 0.0638. The molecule has 2 atom stereocenters. The van der Waals surface area contributed by atoms with E-state index in [-0.39, 0.29) is 17.1 Å². The smallest absolute Gasteiger partial charge is 0.263 e. The fourth-order valence-corrected chi connectivity index (χ4v) is 3.41. The van der Waals surface area contributed by atoms with Crippen molar-refractivity contribution < 1.29 is 18.7 Å². The molecule has 2 amide bonds. The summed E-state index contributed by atoms with van der Waals surface area (Å²) in [5, 5.41) is 9.35. The summed E-state index contributed by atoms with van der Waals surface area (Å²) in [6, 6.07) is 8.99. The predicted molar refractivity (Wildman–Crippen MR) is 94.9 cm³/mol. The molecule has 0 N–H and O–H groups in total. The molecule has 0 bridgehead atoms. The van der Waals surface area contributed by atoms with E-state index in [9.17, 15) is 14.0 Å². The van der Waals surface area contributed by atoms with Gasteiger partial charge in [0.15, 0.2) is 12.1 Å². The van der Waals surface area contributed by atoms with Crippen LogP contribution in [0.3, 0.4) is 0 Å². The Morgan fingerprint density at radius 1 is 1.15 bits per heavy atom. The van der Waals surface area contributed by atoms with Crippen LogP contribution in [0.5, 0.6) is 5.75 Å². The number of carbonyl (C=O) groups is 2. The molecule has 27 heavy (non-hydrogen) atoms. The summed E-state index contributed by atoms with van der Waals surface area (Å²) in [4.78, 5) is 26.7. The zero-order chi connectivity index (χ0) is 19.1. The van der Waals surface area contributed by atoms with Gasteiger partial charge in [0.1, 0.15) is 11.6 Å². The van der Waals surface area contributed by atoms with Gasteiger partial charge in [-0.15, -0.1) is 0 Å². The van der Waals surface area contributed by atoms with Crippen molar-refractivity contribution in [1.29, 1.82) is 0 Å². The Balaban J connectivity index is 1.61. The number of hydrogen-bond donors (Lipinski definition) is 0. The number of halogens is 2. The summed E-state index contributed by atoms with van der Waals surface area (Å²) in [6.07, 6.45) is 0. The summed E-state index contributed by atoms with van der Waals surface area (Å²) < 4.78 is 19.2. The van der Waals surface area contributed by atoms with E-state index in [1.807, 2.05) is 0 Å². The Labute approximate surface area is 159 Å². The molecule has 2 aromatic carbocycles. The van der Waals surface area contributed by atoms with Crippen molar-refractivity contribution in [2.75, 3.05) is 12.0 Å². The van der Waals surface area contributed by atoms with Crippen LogP contribution in [0.25, 0.3) is 0 Å². The zero-order valence-electron chi connectivity index (χ0n) is 14.2. The van der Waals surface area contributed by atoms with Gasteiger partial charge in [-0.05, 0) is 36.4 Å². The first-order valence-corrected chi connectivity index (χ1v) is 8.51. The number of imide groups is 1. The van der Waals surface area contributed by atoms with Crippen LogP contribution in [-0.4, -0.2) is 36.0 Å². The number of carbonyl (C=O) groups excluding carboxylic acids is 2. The first-order valence-electron chi connectivity index (χ1n) is 8.13. The second-order valence-corrected chi connectivity index (χ2v) is 6.51. The molecular weight excluding hydrogens is 375 g/mol. The molecule has 0 aromatic heterocycles. The van der Waals surface area contributed by atoms with Crippen molar-refractivity contribution in [3.05, 3.63) is 58.9 Å². The number of benzene rings is 2. The molecule has 1 fully saturated rings. The lowest BCUT2D eigenvalue weighted by Crippen LogP contribution is -2.39. The third-order valence-corrected chi connectivity index (χ3v) is 4.92. The van der Waals surface area contributed by atoms with E-state index in [0.717, 1.165) is 4.90 Å². The molecule has 0 spiro atoms. The normalized spacial score (nSPS) is 21.1. The SMILES string of the molecule is COc1ccc(N2C(=O)[C@H]3N=NN(Cc4c(F)cccc4Cl)[C@@H]3C2=O)cc1. The molecule has 7 nitrogen and oxygen atoms in total. The van der Waals surface area contributed by atoms with Crippen LogP contribution in [0.15, 0.2) is 52.8 Å². The summed E-state index contributed by atoms with van der Waals surface area (Å²) in [7, 11) is 1.53. The number of anilines is 1. The maximum Gasteiger partial charge on any atom is 0.263 e. The van der Waals surface area contributed by atoms with Crippen molar-refractivity contribution >= 4 is 29.1 Å². The topological polar surface area (TPSA) is 74.6 Å². The fourth-order valence-electron chi connectivity index (χ4n) is 3.18. The first kappa shape index (κ1) is 17.4. The van der Waals surface area contributed by atoms with Gasteiger partial charge in [-0.1, -0.05) is 22.9 Å². The van der Waals surface area contributed by atoms with Crippen molar-refractivity contribution in [2.45, 2.75) is 18.6 Å². The largest absolute Gasteiger partial charge is 0.497 e. The van der Waals surface area contributed by atoms with E-state index in [1.54, 1.807) is 30.3 Å². The van der Waals surface area contributed by atoms with Crippen LogP contribution in [-0.2, 0) is 16.1 Å². The van der Waals surface area contributed by atoms with Crippen molar-refractivity contribution in [3.8, 4) is 5.75 Å². The second kappa shape index (κ2) is 6.62. The van der Waals surface area contributed by atoms with E-state index in [0.29, 0.717) is 11.4 Å². The first-order chi connectivity index (χ1) is 13.0. The number of nitrogens with zero attached hydrogens (tertiary/aromatic N) is 4. The highest BCUT2D eigenvalue weighted by molar-refractivity contribution is 6.31. The lowest BCUT2D eigenvalue weighted by atomic mass is 10.1. The van der Waals surface area contributed by atoms with Crippen LogP contribution in [0, 0.1) is 5.82 Å². The van der Waals surface area contributed by atoms with Crippen LogP contribution < -0.4 is 9.64 Å². The third kappa shape index (κ3) is 2.82. The maximum absolute atomic E-state index is 14.1. The van der Waals surface area contributed by atoms with Crippen LogP contribution in [0.2, 0.25) is 5.02 Å². The average molecular weight is 389 g/mol. The summed E-state index contributed by atoms with van der Waals surface area (Å²) in [5.74, 6) is -0.841. The number of rotatable bonds is 4. The highest BCUT2D eigenvalue weighted by Crippen LogP contribution is 2.34. The Kier molecular flexibility index (Phi) is 4.27. The van der Waals surface area contributed by atoms with Gasteiger partial charge in [0, 0.05) is 10.6 Å². The van der Waals surface area contributed by atoms with Crippen molar-refractivity contribution in [1.82, 2.24) is 5.01 Å². The van der Waals surface area contributed by atoms with E-state index in [1.165, 1.54) is 24.3 Å². The molecule has 0 radical (unpaired) electrons. The molecule has 138 valence electrons.